The highest BCUT2D eigenvalue weighted by Gasteiger charge is 2.23. The summed E-state index contributed by atoms with van der Waals surface area (Å²) < 4.78 is 0.639. The molecule has 1 atom stereocenters. The lowest BCUT2D eigenvalue weighted by Gasteiger charge is -2.10. The van der Waals surface area contributed by atoms with E-state index in [-0.39, 0.29) is 12.0 Å². The lowest BCUT2D eigenvalue weighted by Crippen LogP contribution is -2.33. The molecule has 2 aromatic carbocycles. The maximum Gasteiger partial charge on any atom is 0.251 e. The van der Waals surface area contributed by atoms with Crippen molar-refractivity contribution >= 4 is 11.6 Å². The van der Waals surface area contributed by atoms with Gasteiger partial charge in [0.1, 0.15) is 6.10 Å². The van der Waals surface area contributed by atoms with Crippen molar-refractivity contribution < 1.29 is 14.4 Å². The molecule has 0 spiro atoms. The van der Waals surface area contributed by atoms with Crippen molar-refractivity contribution in [3.8, 4) is 11.1 Å². The van der Waals surface area contributed by atoms with Gasteiger partial charge < -0.3 is 15.4 Å². The van der Waals surface area contributed by atoms with Crippen LogP contribution in [0.4, 0.5) is 0 Å². The van der Waals surface area contributed by atoms with Gasteiger partial charge >= 0.3 is 0 Å². The number of rotatable bonds is 5. The number of aromatic nitrogens is 1. The molecule has 1 N–H and O–H groups in total. The van der Waals surface area contributed by atoms with Gasteiger partial charge in [-0.25, -0.2) is 0 Å². The monoisotopic (exact) mass is 373 g/mol. The van der Waals surface area contributed by atoms with Gasteiger partial charge in [-0.15, -0.1) is 0 Å². The molecule has 1 aromatic heterocycles. The summed E-state index contributed by atoms with van der Waals surface area (Å²) in [5, 5.41) is 18.0. The number of pyridine rings is 1. The minimum Gasteiger partial charge on any atom is -0.619 e. The summed E-state index contributed by atoms with van der Waals surface area (Å²) in [4.78, 5) is 17.6. The van der Waals surface area contributed by atoms with Gasteiger partial charge in [0.15, 0.2) is 12.4 Å². The Bertz CT molecular complexity index is 984. The van der Waals surface area contributed by atoms with Crippen LogP contribution in [0.1, 0.15) is 22.3 Å². The number of amides is 1. The van der Waals surface area contributed by atoms with Crippen molar-refractivity contribution in [3.05, 3.63) is 95.5 Å². The van der Waals surface area contributed by atoms with Crippen molar-refractivity contribution in [1.29, 1.82) is 0 Å². The number of benzene rings is 2. The highest BCUT2D eigenvalue weighted by molar-refractivity contribution is 6.01. The third-order valence-corrected chi connectivity index (χ3v) is 4.61. The summed E-state index contributed by atoms with van der Waals surface area (Å²) in [5.41, 5.74) is 4.63. The van der Waals surface area contributed by atoms with E-state index >= 15 is 0 Å². The lowest BCUT2D eigenvalue weighted by molar-refractivity contribution is -0.605. The number of nitrogens with one attached hydrogen (secondary N) is 1. The van der Waals surface area contributed by atoms with E-state index in [1.54, 1.807) is 0 Å². The normalized spacial score (nSPS) is 15.6. The van der Waals surface area contributed by atoms with Crippen LogP contribution in [-0.2, 0) is 4.84 Å². The van der Waals surface area contributed by atoms with E-state index in [2.05, 4.69) is 34.7 Å². The molecule has 1 unspecified atom stereocenters. The fourth-order valence-corrected chi connectivity index (χ4v) is 3.07. The van der Waals surface area contributed by atoms with Gasteiger partial charge in [0, 0.05) is 18.6 Å². The number of carbonyl (C=O) groups is 1. The van der Waals surface area contributed by atoms with E-state index in [1.807, 2.05) is 30.3 Å². The standard InChI is InChI=1S/C22H19N3O3/c26-22(19-10-12-25(27)13-11-19)23-15-20-14-21(24-28-20)18-8-6-17(7-9-18)16-4-2-1-3-5-16/h1-13,20H,14-15H2,(H,23,26). The van der Waals surface area contributed by atoms with Crippen molar-refractivity contribution in [2.75, 3.05) is 6.54 Å². The Labute approximate surface area is 162 Å². The fraction of sp³-hybridized carbons (Fsp3) is 0.136. The molecule has 140 valence electrons. The predicted molar refractivity (Wildman–Crippen MR) is 106 cm³/mol. The Morgan fingerprint density at radius 3 is 2.36 bits per heavy atom. The lowest BCUT2D eigenvalue weighted by atomic mass is 10.00. The molecule has 28 heavy (non-hydrogen) atoms. The molecule has 4 rings (SSSR count). The number of oxime groups is 1. The van der Waals surface area contributed by atoms with E-state index in [9.17, 15) is 10.0 Å². The van der Waals surface area contributed by atoms with Crippen LogP contribution in [0.3, 0.4) is 0 Å². The molecule has 6 heteroatoms. The van der Waals surface area contributed by atoms with Crippen LogP contribution >= 0.6 is 0 Å². The molecule has 0 saturated carbocycles. The van der Waals surface area contributed by atoms with Crippen molar-refractivity contribution in [2.45, 2.75) is 12.5 Å². The highest BCUT2D eigenvalue weighted by atomic mass is 16.6. The van der Waals surface area contributed by atoms with Crippen LogP contribution in [0, 0.1) is 5.21 Å². The summed E-state index contributed by atoms with van der Waals surface area (Å²) in [5.74, 6) is -0.245. The summed E-state index contributed by atoms with van der Waals surface area (Å²) in [6.45, 7) is 0.347. The summed E-state index contributed by atoms with van der Waals surface area (Å²) in [7, 11) is 0. The number of nitrogens with zero attached hydrogens (tertiary/aromatic N) is 2. The van der Waals surface area contributed by atoms with Crippen LogP contribution in [0.5, 0.6) is 0 Å². The molecule has 2 heterocycles. The molecule has 6 nitrogen and oxygen atoms in total. The van der Waals surface area contributed by atoms with Gasteiger partial charge in [0.2, 0.25) is 0 Å². The van der Waals surface area contributed by atoms with E-state index in [4.69, 9.17) is 4.84 Å². The van der Waals surface area contributed by atoms with E-state index in [0.29, 0.717) is 23.3 Å². The minimum atomic E-state index is -0.245. The Kier molecular flexibility index (Phi) is 5.01. The first kappa shape index (κ1) is 17.7. The Hall–Kier alpha value is -3.67. The zero-order valence-corrected chi connectivity index (χ0v) is 15.1. The van der Waals surface area contributed by atoms with Gasteiger partial charge in [-0.3, -0.25) is 4.79 Å². The Morgan fingerprint density at radius 1 is 1.00 bits per heavy atom. The first-order valence-electron chi connectivity index (χ1n) is 9.04. The molecule has 0 bridgehead atoms. The van der Waals surface area contributed by atoms with Gasteiger partial charge in [-0.1, -0.05) is 59.8 Å². The predicted octanol–water partition coefficient (Wildman–Crippen LogP) is 2.91. The molecule has 3 aromatic rings. The van der Waals surface area contributed by atoms with Crippen molar-refractivity contribution in [2.24, 2.45) is 5.16 Å². The van der Waals surface area contributed by atoms with Gasteiger partial charge in [0.05, 0.1) is 17.8 Å². The smallest absolute Gasteiger partial charge is 0.251 e. The average Bonchev–Trinajstić information content (AvgIpc) is 3.22. The fourth-order valence-electron chi connectivity index (χ4n) is 3.07. The topological polar surface area (TPSA) is 77.6 Å². The second-order valence-electron chi connectivity index (χ2n) is 6.57. The number of hydrogen-bond acceptors (Lipinski definition) is 4. The van der Waals surface area contributed by atoms with E-state index < -0.39 is 0 Å². The summed E-state index contributed by atoms with van der Waals surface area (Å²) in [6.07, 6.45) is 3.00. The van der Waals surface area contributed by atoms with Crippen LogP contribution in [-0.4, -0.2) is 24.3 Å². The van der Waals surface area contributed by atoms with Gasteiger partial charge in [-0.05, 0) is 16.7 Å². The van der Waals surface area contributed by atoms with Gasteiger partial charge in [-0.2, -0.15) is 4.73 Å². The molecule has 0 fully saturated rings. The third-order valence-electron chi connectivity index (χ3n) is 4.61. The van der Waals surface area contributed by atoms with Crippen molar-refractivity contribution in [1.82, 2.24) is 5.32 Å². The molecular formula is C22H19N3O3. The molecular weight excluding hydrogens is 354 g/mol. The largest absolute Gasteiger partial charge is 0.619 e. The number of hydrogen-bond donors (Lipinski definition) is 1. The Morgan fingerprint density at radius 2 is 1.64 bits per heavy atom. The van der Waals surface area contributed by atoms with E-state index in [0.717, 1.165) is 16.8 Å². The SMILES string of the molecule is O=C(NCC1CC(c2ccc(-c3ccccc3)cc2)=NO1)c1cc[n+]([O-])cc1. The second kappa shape index (κ2) is 7.92. The molecule has 1 aliphatic rings. The van der Waals surface area contributed by atoms with E-state index in [1.165, 1.54) is 30.1 Å². The highest BCUT2D eigenvalue weighted by Crippen LogP contribution is 2.22. The number of carbonyl (C=O) groups excluding carboxylic acids is 1. The molecule has 0 saturated heterocycles. The zero-order valence-electron chi connectivity index (χ0n) is 15.1. The maximum absolute atomic E-state index is 12.1. The third kappa shape index (κ3) is 4.01. The summed E-state index contributed by atoms with van der Waals surface area (Å²) >= 11 is 0. The summed E-state index contributed by atoms with van der Waals surface area (Å²) in [6, 6.07) is 21.4. The maximum atomic E-state index is 12.1. The molecule has 0 aliphatic carbocycles. The van der Waals surface area contributed by atoms with Crippen LogP contribution < -0.4 is 10.0 Å². The van der Waals surface area contributed by atoms with Crippen LogP contribution in [0.2, 0.25) is 0 Å². The van der Waals surface area contributed by atoms with Crippen LogP contribution in [0.15, 0.2) is 84.3 Å². The van der Waals surface area contributed by atoms with Crippen molar-refractivity contribution in [3.63, 3.8) is 0 Å². The first-order chi connectivity index (χ1) is 13.7. The Balaban J connectivity index is 1.32. The van der Waals surface area contributed by atoms with Crippen LogP contribution in [0.25, 0.3) is 11.1 Å². The quantitative estimate of drug-likeness (QED) is 0.552. The average molecular weight is 373 g/mol. The molecule has 0 radical (unpaired) electrons. The molecule has 1 aliphatic heterocycles. The minimum absolute atomic E-state index is 0.207. The first-order valence-corrected chi connectivity index (χ1v) is 9.04. The molecule has 1 amide bonds. The zero-order chi connectivity index (χ0) is 19.3. The van der Waals surface area contributed by atoms with Gasteiger partial charge in [0.25, 0.3) is 5.91 Å². The second-order valence-corrected chi connectivity index (χ2v) is 6.57.